The van der Waals surface area contributed by atoms with E-state index in [1.807, 2.05) is 24.3 Å². The topological polar surface area (TPSA) is 58.2 Å². The molecular formula is C28H38N2O2S. The Bertz CT molecular complexity index is 895. The Morgan fingerprint density at radius 1 is 0.970 bits per heavy atom. The number of amides is 2. The predicted octanol–water partition coefficient (Wildman–Crippen LogP) is 5.42. The van der Waals surface area contributed by atoms with Crippen molar-refractivity contribution in [2.24, 2.45) is 35.5 Å². The maximum absolute atomic E-state index is 13.2. The highest BCUT2D eigenvalue weighted by atomic mass is 32.2. The average Bonchev–Trinajstić information content (AvgIpc) is 3.40. The second-order valence-corrected chi connectivity index (χ2v) is 13.1. The highest BCUT2D eigenvalue weighted by Crippen LogP contribution is 2.55. The first-order valence-corrected chi connectivity index (χ1v) is 14.3. The van der Waals surface area contributed by atoms with E-state index in [0.29, 0.717) is 17.2 Å². The number of thioether (sulfide) groups is 1. The lowest BCUT2D eigenvalue weighted by molar-refractivity contribution is -0.124. The van der Waals surface area contributed by atoms with Gasteiger partial charge >= 0.3 is 0 Å². The van der Waals surface area contributed by atoms with Crippen molar-refractivity contribution in [3.05, 3.63) is 29.8 Å². The molecule has 4 atom stereocenters. The van der Waals surface area contributed by atoms with Crippen LogP contribution >= 0.6 is 11.8 Å². The van der Waals surface area contributed by atoms with E-state index in [4.69, 9.17) is 0 Å². The minimum absolute atomic E-state index is 0.00914. The molecule has 4 nitrogen and oxygen atoms in total. The van der Waals surface area contributed by atoms with Crippen molar-refractivity contribution < 1.29 is 9.59 Å². The first-order chi connectivity index (χ1) is 16.0. The Hall–Kier alpha value is -1.49. The first-order valence-electron chi connectivity index (χ1n) is 13.3. The zero-order chi connectivity index (χ0) is 22.6. The lowest BCUT2D eigenvalue weighted by Gasteiger charge is -2.56. The van der Waals surface area contributed by atoms with Gasteiger partial charge in [0.25, 0.3) is 5.91 Å². The fourth-order valence-corrected chi connectivity index (χ4v) is 9.67. The van der Waals surface area contributed by atoms with Crippen LogP contribution in [0.15, 0.2) is 29.2 Å². The molecule has 0 radical (unpaired) electrons. The van der Waals surface area contributed by atoms with E-state index in [0.717, 1.165) is 34.5 Å². The Morgan fingerprint density at radius 2 is 1.67 bits per heavy atom. The van der Waals surface area contributed by atoms with Crippen molar-refractivity contribution in [1.29, 1.82) is 0 Å². The SMILES string of the molecule is CC(NC(=O)c1ccccc1SCC(=O)NC12CC3CC(CC(C3)C1)C2)C1CC2CCC1C2. The lowest BCUT2D eigenvalue weighted by Crippen LogP contribution is -2.60. The van der Waals surface area contributed by atoms with Crippen LogP contribution in [0, 0.1) is 35.5 Å². The largest absolute Gasteiger partial charge is 0.350 e. The molecule has 1 aromatic carbocycles. The molecule has 6 bridgehead atoms. The number of hydrogen-bond acceptors (Lipinski definition) is 3. The summed E-state index contributed by atoms with van der Waals surface area (Å²) in [6, 6.07) is 8.00. The molecule has 6 aliphatic rings. The molecule has 6 saturated carbocycles. The van der Waals surface area contributed by atoms with Gasteiger partial charge in [-0.2, -0.15) is 0 Å². The van der Waals surface area contributed by atoms with Gasteiger partial charge in [-0.1, -0.05) is 18.6 Å². The van der Waals surface area contributed by atoms with Crippen LogP contribution in [0.2, 0.25) is 0 Å². The van der Waals surface area contributed by atoms with E-state index >= 15 is 0 Å². The Morgan fingerprint density at radius 3 is 2.30 bits per heavy atom. The van der Waals surface area contributed by atoms with Crippen LogP contribution in [0.25, 0.3) is 0 Å². The number of nitrogens with one attached hydrogen (secondary N) is 2. The van der Waals surface area contributed by atoms with Crippen LogP contribution in [0.3, 0.4) is 0 Å². The van der Waals surface area contributed by atoms with E-state index in [9.17, 15) is 9.59 Å². The third kappa shape index (κ3) is 4.35. The fraction of sp³-hybridized carbons (Fsp3) is 0.714. The average molecular weight is 467 g/mol. The fourth-order valence-electron chi connectivity index (χ4n) is 8.82. The third-order valence-electron chi connectivity index (χ3n) is 9.73. The molecule has 6 aliphatic carbocycles. The maximum Gasteiger partial charge on any atom is 0.252 e. The standard InChI is InChI=1S/C28H38N2O2S/c1-17(24-12-18-6-7-22(24)11-18)29-27(32)23-4-2-3-5-25(23)33-16-26(31)30-28-13-19-8-20(14-28)10-21(9-19)15-28/h2-5,17-22,24H,6-16H2,1H3,(H,29,32)(H,30,31). The number of hydrogen-bond donors (Lipinski definition) is 2. The second-order valence-electron chi connectivity index (χ2n) is 12.1. The lowest BCUT2D eigenvalue weighted by atomic mass is 9.53. The monoisotopic (exact) mass is 466 g/mol. The molecule has 178 valence electrons. The van der Waals surface area contributed by atoms with Gasteiger partial charge in [0.05, 0.1) is 11.3 Å². The van der Waals surface area contributed by atoms with Gasteiger partial charge < -0.3 is 10.6 Å². The normalized spacial score (nSPS) is 38.9. The van der Waals surface area contributed by atoms with Gasteiger partial charge in [0.2, 0.25) is 5.91 Å². The number of rotatable bonds is 7. The van der Waals surface area contributed by atoms with Gasteiger partial charge in [0.15, 0.2) is 0 Å². The summed E-state index contributed by atoms with van der Waals surface area (Å²) in [6.45, 7) is 2.18. The van der Waals surface area contributed by atoms with Crippen LogP contribution < -0.4 is 10.6 Å². The summed E-state index contributed by atoms with van der Waals surface area (Å²) in [5.41, 5.74) is 0.763. The van der Waals surface area contributed by atoms with E-state index in [1.54, 1.807) is 0 Å². The van der Waals surface area contributed by atoms with E-state index < -0.39 is 0 Å². The molecule has 33 heavy (non-hydrogen) atoms. The van der Waals surface area contributed by atoms with E-state index in [1.165, 1.54) is 76.0 Å². The summed E-state index contributed by atoms with van der Waals surface area (Å²) < 4.78 is 0. The Kier molecular flexibility index (Phi) is 5.75. The van der Waals surface area contributed by atoms with Gasteiger partial charge in [0, 0.05) is 16.5 Å². The summed E-state index contributed by atoms with van der Waals surface area (Å²) in [4.78, 5) is 27.0. The van der Waals surface area contributed by atoms with Gasteiger partial charge in [-0.05, 0) is 112 Å². The van der Waals surface area contributed by atoms with E-state index in [2.05, 4.69) is 17.6 Å². The molecule has 4 unspecified atom stereocenters. The summed E-state index contributed by atoms with van der Waals surface area (Å²) in [5.74, 6) is 5.30. The second kappa shape index (κ2) is 8.62. The zero-order valence-electron chi connectivity index (χ0n) is 19.9. The molecular weight excluding hydrogens is 428 g/mol. The summed E-state index contributed by atoms with van der Waals surface area (Å²) in [5, 5.41) is 6.77. The minimum Gasteiger partial charge on any atom is -0.350 e. The van der Waals surface area contributed by atoms with E-state index in [-0.39, 0.29) is 23.4 Å². The minimum atomic E-state index is 0.00914. The Labute approximate surface area is 202 Å². The van der Waals surface area contributed by atoms with Crippen LogP contribution in [0.1, 0.15) is 81.5 Å². The summed E-state index contributed by atoms with van der Waals surface area (Å²) in [6.07, 6.45) is 13.0. The molecule has 2 amide bonds. The molecule has 2 N–H and O–H groups in total. The van der Waals surface area contributed by atoms with Crippen LogP contribution in [0.4, 0.5) is 0 Å². The van der Waals surface area contributed by atoms with Gasteiger partial charge in [-0.15, -0.1) is 11.8 Å². The van der Waals surface area contributed by atoms with Crippen LogP contribution in [0.5, 0.6) is 0 Å². The van der Waals surface area contributed by atoms with Crippen molar-refractivity contribution in [2.75, 3.05) is 5.75 Å². The molecule has 5 heteroatoms. The molecule has 0 heterocycles. The molecule has 7 rings (SSSR count). The molecule has 1 aromatic rings. The Balaban J connectivity index is 1.06. The molecule has 0 aliphatic heterocycles. The third-order valence-corrected chi connectivity index (χ3v) is 10.8. The molecule has 0 spiro atoms. The number of benzene rings is 1. The van der Waals surface area contributed by atoms with Crippen LogP contribution in [-0.2, 0) is 4.79 Å². The smallest absolute Gasteiger partial charge is 0.252 e. The van der Waals surface area contributed by atoms with Crippen molar-refractivity contribution >= 4 is 23.6 Å². The first kappa shape index (κ1) is 22.0. The number of fused-ring (bicyclic) bond motifs is 2. The molecule has 0 aromatic heterocycles. The molecule has 6 fully saturated rings. The van der Waals surface area contributed by atoms with Gasteiger partial charge in [-0.25, -0.2) is 0 Å². The molecule has 0 saturated heterocycles. The highest BCUT2D eigenvalue weighted by Gasteiger charge is 2.51. The number of carbonyl (C=O) groups excluding carboxylic acids is 2. The van der Waals surface area contributed by atoms with Crippen molar-refractivity contribution in [1.82, 2.24) is 10.6 Å². The van der Waals surface area contributed by atoms with Crippen molar-refractivity contribution in [3.63, 3.8) is 0 Å². The number of carbonyl (C=O) groups is 2. The van der Waals surface area contributed by atoms with Gasteiger partial charge in [-0.3, -0.25) is 9.59 Å². The van der Waals surface area contributed by atoms with Crippen LogP contribution in [-0.4, -0.2) is 29.1 Å². The van der Waals surface area contributed by atoms with Crippen molar-refractivity contribution in [2.45, 2.75) is 87.6 Å². The summed E-state index contributed by atoms with van der Waals surface area (Å²) >= 11 is 1.51. The highest BCUT2D eigenvalue weighted by molar-refractivity contribution is 8.00. The quantitative estimate of drug-likeness (QED) is 0.528. The predicted molar refractivity (Wildman–Crippen MR) is 132 cm³/mol. The zero-order valence-corrected chi connectivity index (χ0v) is 20.7. The van der Waals surface area contributed by atoms with Gasteiger partial charge in [0.1, 0.15) is 0 Å². The summed E-state index contributed by atoms with van der Waals surface area (Å²) in [7, 11) is 0. The van der Waals surface area contributed by atoms with Crippen molar-refractivity contribution in [3.8, 4) is 0 Å². The maximum atomic E-state index is 13.2.